The van der Waals surface area contributed by atoms with Crippen LogP contribution in [-0.2, 0) is 11.0 Å². The predicted octanol–water partition coefficient (Wildman–Crippen LogP) is 3.53. The zero-order valence-corrected chi connectivity index (χ0v) is 20.9. The Morgan fingerprint density at radius 1 is 1.00 bits per heavy atom. The van der Waals surface area contributed by atoms with E-state index < -0.39 is 41.3 Å². The van der Waals surface area contributed by atoms with Crippen molar-refractivity contribution in [1.29, 1.82) is 0 Å². The van der Waals surface area contributed by atoms with Crippen LogP contribution in [0.25, 0.3) is 0 Å². The van der Waals surface area contributed by atoms with Crippen molar-refractivity contribution in [2.24, 2.45) is 0 Å². The summed E-state index contributed by atoms with van der Waals surface area (Å²) in [5, 5.41) is 18.8. The number of likely N-dealkylation sites (N-methyl/N-ethyl adjacent to an activating group) is 1. The van der Waals surface area contributed by atoms with E-state index in [1.54, 1.807) is 0 Å². The smallest absolute Gasteiger partial charge is 0.416 e. The van der Waals surface area contributed by atoms with E-state index in [9.17, 15) is 37.6 Å². The van der Waals surface area contributed by atoms with Crippen LogP contribution in [0.15, 0.2) is 60.8 Å². The van der Waals surface area contributed by atoms with Gasteiger partial charge in [-0.1, -0.05) is 0 Å². The standard InChI is InChI=1S/C25H21F3N6O6/c1-29-22(36)20-12-17(9-10-33(20)39)40-16-6-4-15(5-7-16)30-23(37)31-18-11-14(25(26,27)28)3-8-19(18)34-21(35)13-32(2)24(34)38/h3-12H,13H2,1-2H3,(H,29,36)(H2,30,31,37). The Balaban J connectivity index is 1.50. The topological polar surface area (TPSA) is 147 Å². The SMILES string of the molecule is CNC(=O)c1cc(Oc2ccc(NC(=O)Nc3cc(C(F)(F)F)ccc3N3C(=O)CN(C)C3=O)cc2)cc[n+]1[O-]. The summed E-state index contributed by atoms with van der Waals surface area (Å²) in [7, 11) is 2.73. The predicted molar refractivity (Wildman–Crippen MR) is 135 cm³/mol. The highest BCUT2D eigenvalue weighted by atomic mass is 19.4. The Morgan fingerprint density at radius 3 is 2.30 bits per heavy atom. The molecule has 1 saturated heterocycles. The fraction of sp³-hybridized carbons (Fsp3) is 0.160. The van der Waals surface area contributed by atoms with Gasteiger partial charge >= 0.3 is 24.1 Å². The summed E-state index contributed by atoms with van der Waals surface area (Å²) in [6.07, 6.45) is -3.64. The fourth-order valence-corrected chi connectivity index (χ4v) is 3.72. The number of carbonyl (C=O) groups is 4. The minimum Gasteiger partial charge on any atom is -0.618 e. The third kappa shape index (κ3) is 5.87. The molecule has 15 heteroatoms. The average Bonchev–Trinajstić information content (AvgIpc) is 3.15. The number of rotatable bonds is 6. The molecule has 0 spiro atoms. The molecule has 208 valence electrons. The molecule has 0 atom stereocenters. The zero-order valence-electron chi connectivity index (χ0n) is 20.9. The first-order chi connectivity index (χ1) is 18.9. The molecule has 0 bridgehead atoms. The van der Waals surface area contributed by atoms with Crippen LogP contribution in [-0.4, -0.2) is 49.4 Å². The van der Waals surface area contributed by atoms with Crippen molar-refractivity contribution < 1.29 is 41.8 Å². The lowest BCUT2D eigenvalue weighted by atomic mass is 10.1. The summed E-state index contributed by atoms with van der Waals surface area (Å²) >= 11 is 0. The molecule has 0 saturated carbocycles. The molecule has 6 amide bonds. The first-order valence-electron chi connectivity index (χ1n) is 11.5. The minimum atomic E-state index is -4.75. The van der Waals surface area contributed by atoms with E-state index in [1.807, 2.05) is 0 Å². The van der Waals surface area contributed by atoms with Gasteiger partial charge in [-0.15, -0.1) is 0 Å². The fourth-order valence-electron chi connectivity index (χ4n) is 3.72. The Hall–Kier alpha value is -5.34. The number of urea groups is 2. The first-order valence-corrected chi connectivity index (χ1v) is 11.5. The van der Waals surface area contributed by atoms with Crippen LogP contribution in [0.5, 0.6) is 11.5 Å². The number of alkyl halides is 3. The second-order valence-electron chi connectivity index (χ2n) is 8.46. The van der Waals surface area contributed by atoms with Gasteiger partial charge < -0.3 is 30.8 Å². The van der Waals surface area contributed by atoms with Gasteiger partial charge in [-0.2, -0.15) is 17.9 Å². The van der Waals surface area contributed by atoms with Gasteiger partial charge in [-0.05, 0) is 42.5 Å². The van der Waals surface area contributed by atoms with Crippen molar-refractivity contribution in [1.82, 2.24) is 10.2 Å². The highest BCUT2D eigenvalue weighted by Crippen LogP contribution is 2.37. The van der Waals surface area contributed by atoms with E-state index in [4.69, 9.17) is 4.74 Å². The molecule has 4 rings (SSSR count). The van der Waals surface area contributed by atoms with E-state index in [2.05, 4.69) is 16.0 Å². The van der Waals surface area contributed by atoms with Crippen molar-refractivity contribution in [3.05, 3.63) is 77.3 Å². The van der Waals surface area contributed by atoms with E-state index in [-0.39, 0.29) is 35.1 Å². The number of hydrogen-bond acceptors (Lipinski definition) is 6. The highest BCUT2D eigenvalue weighted by Gasteiger charge is 2.38. The molecule has 2 aromatic carbocycles. The number of anilines is 3. The van der Waals surface area contributed by atoms with Crippen LogP contribution in [0.3, 0.4) is 0 Å². The molecule has 1 aliphatic rings. The maximum Gasteiger partial charge on any atom is 0.416 e. The van der Waals surface area contributed by atoms with E-state index in [0.717, 1.165) is 17.2 Å². The molecule has 0 radical (unpaired) electrons. The number of aromatic nitrogens is 1. The van der Waals surface area contributed by atoms with Crippen molar-refractivity contribution in [3.63, 3.8) is 0 Å². The Kier molecular flexibility index (Phi) is 7.48. The Bertz CT molecular complexity index is 1500. The molecule has 2 heterocycles. The Labute approximate surface area is 224 Å². The molecule has 3 aromatic rings. The largest absolute Gasteiger partial charge is 0.618 e. The number of ether oxygens (including phenoxy) is 1. The molecule has 0 unspecified atom stereocenters. The second kappa shape index (κ2) is 10.8. The third-order valence-corrected chi connectivity index (χ3v) is 5.65. The number of nitrogens with one attached hydrogen (secondary N) is 3. The number of amides is 6. The second-order valence-corrected chi connectivity index (χ2v) is 8.46. The van der Waals surface area contributed by atoms with Gasteiger partial charge in [0.15, 0.2) is 6.20 Å². The molecule has 1 aromatic heterocycles. The summed E-state index contributed by atoms with van der Waals surface area (Å²) in [5.41, 5.74) is -1.68. The summed E-state index contributed by atoms with van der Waals surface area (Å²) < 4.78 is 46.0. The van der Waals surface area contributed by atoms with E-state index >= 15 is 0 Å². The molecule has 3 N–H and O–H groups in total. The van der Waals surface area contributed by atoms with Crippen LogP contribution >= 0.6 is 0 Å². The van der Waals surface area contributed by atoms with Gasteiger partial charge in [-0.3, -0.25) is 9.59 Å². The van der Waals surface area contributed by atoms with Gasteiger partial charge in [0.25, 0.3) is 11.6 Å². The maximum atomic E-state index is 13.3. The number of imide groups is 1. The van der Waals surface area contributed by atoms with Gasteiger partial charge in [0.2, 0.25) is 0 Å². The summed E-state index contributed by atoms with van der Waals surface area (Å²) in [5.74, 6) is -0.802. The van der Waals surface area contributed by atoms with Crippen LogP contribution < -0.4 is 30.3 Å². The van der Waals surface area contributed by atoms with Gasteiger partial charge in [0.05, 0.1) is 23.0 Å². The first kappa shape index (κ1) is 27.7. The van der Waals surface area contributed by atoms with Crippen molar-refractivity contribution in [3.8, 4) is 11.5 Å². The molecule has 0 aliphatic carbocycles. The lowest BCUT2D eigenvalue weighted by molar-refractivity contribution is -0.607. The normalized spacial score (nSPS) is 13.3. The molecular formula is C25H21F3N6O6. The van der Waals surface area contributed by atoms with Crippen LogP contribution in [0.1, 0.15) is 16.1 Å². The lowest BCUT2D eigenvalue weighted by Gasteiger charge is -2.20. The molecule has 1 fully saturated rings. The Morgan fingerprint density at radius 2 is 1.70 bits per heavy atom. The lowest BCUT2D eigenvalue weighted by Crippen LogP contribution is -2.37. The number of hydrogen-bond donors (Lipinski definition) is 3. The summed E-state index contributed by atoms with van der Waals surface area (Å²) in [4.78, 5) is 51.0. The summed E-state index contributed by atoms with van der Waals surface area (Å²) in [6, 6.07) is 8.94. The van der Waals surface area contributed by atoms with Gasteiger partial charge in [0, 0.05) is 25.8 Å². The summed E-state index contributed by atoms with van der Waals surface area (Å²) in [6.45, 7) is -0.271. The number of halogens is 3. The van der Waals surface area contributed by atoms with Crippen molar-refractivity contribution >= 4 is 40.9 Å². The molecule has 1 aliphatic heterocycles. The van der Waals surface area contributed by atoms with Crippen molar-refractivity contribution in [2.75, 3.05) is 36.2 Å². The van der Waals surface area contributed by atoms with Crippen LogP contribution in [0, 0.1) is 5.21 Å². The third-order valence-electron chi connectivity index (χ3n) is 5.65. The quantitative estimate of drug-likeness (QED) is 0.240. The molecular weight excluding hydrogens is 537 g/mol. The molecule has 12 nitrogen and oxygen atoms in total. The number of pyridine rings is 1. The van der Waals surface area contributed by atoms with Gasteiger partial charge in [0.1, 0.15) is 18.0 Å². The van der Waals surface area contributed by atoms with Crippen LogP contribution in [0.2, 0.25) is 0 Å². The molecule has 40 heavy (non-hydrogen) atoms. The number of benzene rings is 2. The van der Waals surface area contributed by atoms with E-state index in [1.165, 1.54) is 50.5 Å². The van der Waals surface area contributed by atoms with Gasteiger partial charge in [-0.25, -0.2) is 14.5 Å². The number of nitrogens with zero attached hydrogens (tertiary/aromatic N) is 3. The maximum absolute atomic E-state index is 13.3. The highest BCUT2D eigenvalue weighted by molar-refractivity contribution is 6.21. The van der Waals surface area contributed by atoms with Crippen LogP contribution in [0.4, 0.5) is 39.8 Å². The average molecular weight is 558 g/mol. The minimum absolute atomic E-state index is 0.187. The van der Waals surface area contributed by atoms with E-state index in [0.29, 0.717) is 21.8 Å². The number of carbonyl (C=O) groups excluding carboxylic acids is 4. The monoisotopic (exact) mass is 558 g/mol. The van der Waals surface area contributed by atoms with Crippen molar-refractivity contribution in [2.45, 2.75) is 6.18 Å². The zero-order chi connectivity index (χ0) is 29.2.